The molecule has 0 aliphatic carbocycles. The lowest BCUT2D eigenvalue weighted by Crippen LogP contribution is -2.27. The lowest BCUT2D eigenvalue weighted by Gasteiger charge is -2.21. The molecule has 0 atom stereocenters. The third-order valence-corrected chi connectivity index (χ3v) is 6.49. The molecule has 1 N–H and O–H groups in total. The van der Waals surface area contributed by atoms with Gasteiger partial charge in [0.2, 0.25) is 11.8 Å². The van der Waals surface area contributed by atoms with E-state index in [9.17, 15) is 14.0 Å². The van der Waals surface area contributed by atoms with E-state index in [1.165, 1.54) is 27.6 Å². The van der Waals surface area contributed by atoms with Crippen LogP contribution in [0, 0.1) is 5.82 Å². The molecule has 0 saturated carbocycles. The van der Waals surface area contributed by atoms with Gasteiger partial charge in [-0.15, -0.1) is 0 Å². The van der Waals surface area contributed by atoms with Gasteiger partial charge in [-0.2, -0.15) is 0 Å². The first kappa shape index (κ1) is 24.6. The average Bonchev–Trinajstić information content (AvgIpc) is 3.15. The summed E-state index contributed by atoms with van der Waals surface area (Å²) in [5, 5.41) is 2.61. The van der Waals surface area contributed by atoms with Crippen molar-refractivity contribution in [2.45, 2.75) is 33.2 Å². The molecule has 0 bridgehead atoms. The normalized spacial score (nSPS) is 11.9. The summed E-state index contributed by atoms with van der Waals surface area (Å²) < 4.78 is 28.6. The molecule has 1 aliphatic rings. The summed E-state index contributed by atoms with van der Waals surface area (Å²) in [5.41, 5.74) is 3.06. The van der Waals surface area contributed by atoms with Gasteiger partial charge in [0.15, 0.2) is 11.5 Å². The van der Waals surface area contributed by atoms with Crippen molar-refractivity contribution in [2.75, 3.05) is 11.9 Å². The van der Waals surface area contributed by atoms with E-state index in [0.29, 0.717) is 41.5 Å². The van der Waals surface area contributed by atoms with E-state index in [0.717, 1.165) is 17.5 Å². The Hall–Kier alpha value is -4.04. The van der Waals surface area contributed by atoms with E-state index in [1.807, 2.05) is 43.3 Å². The fourth-order valence-corrected chi connectivity index (χ4v) is 4.58. The van der Waals surface area contributed by atoms with Gasteiger partial charge in [0.1, 0.15) is 12.4 Å². The predicted molar refractivity (Wildman–Crippen MR) is 140 cm³/mol. The quantitative estimate of drug-likeness (QED) is 0.297. The zero-order chi connectivity index (χ0) is 26.1. The number of anilines is 1. The van der Waals surface area contributed by atoms with E-state index in [4.69, 9.17) is 21.1 Å². The van der Waals surface area contributed by atoms with Crippen molar-refractivity contribution in [1.82, 2.24) is 9.36 Å². The molecule has 9 heteroatoms. The van der Waals surface area contributed by atoms with Crippen molar-refractivity contribution in [3.8, 4) is 23.1 Å². The first-order chi connectivity index (χ1) is 17.9. The van der Waals surface area contributed by atoms with Crippen molar-refractivity contribution in [3.63, 3.8) is 0 Å². The first-order valence-electron chi connectivity index (χ1n) is 12.0. The van der Waals surface area contributed by atoms with Crippen molar-refractivity contribution in [3.05, 3.63) is 98.5 Å². The van der Waals surface area contributed by atoms with Gasteiger partial charge in [-0.05, 0) is 55.3 Å². The maximum Gasteiger partial charge on any atom is 0.278 e. The van der Waals surface area contributed by atoms with Crippen molar-refractivity contribution < 1.29 is 18.7 Å². The highest BCUT2D eigenvalue weighted by atomic mass is 35.5. The van der Waals surface area contributed by atoms with Gasteiger partial charge in [-0.1, -0.05) is 42.8 Å². The van der Waals surface area contributed by atoms with Crippen LogP contribution in [0.5, 0.6) is 17.4 Å². The number of amides is 1. The highest BCUT2D eigenvalue weighted by Crippen LogP contribution is 2.42. The summed E-state index contributed by atoms with van der Waals surface area (Å²) in [6, 6.07) is 17.1. The highest BCUT2D eigenvalue weighted by molar-refractivity contribution is 6.31. The third kappa shape index (κ3) is 4.72. The molecule has 7 nitrogen and oxygen atoms in total. The number of nitrogens with zero attached hydrogens (tertiary/aromatic N) is 2. The average molecular weight is 522 g/mol. The number of aryl methyl sites for hydroxylation is 1. The number of rotatable bonds is 7. The molecule has 1 amide bonds. The molecule has 5 rings (SSSR count). The number of aromatic nitrogens is 2. The zero-order valence-electron chi connectivity index (χ0n) is 20.4. The van der Waals surface area contributed by atoms with Crippen LogP contribution in [0.3, 0.4) is 0 Å². The molecule has 0 saturated heterocycles. The summed E-state index contributed by atoms with van der Waals surface area (Å²) >= 11 is 5.87. The van der Waals surface area contributed by atoms with Crippen LogP contribution < -0.4 is 20.3 Å². The van der Waals surface area contributed by atoms with E-state index in [1.54, 1.807) is 6.07 Å². The van der Waals surface area contributed by atoms with Crippen LogP contribution in [0.15, 0.2) is 65.5 Å². The number of carbonyl (C=O) groups excluding carboxylic acids is 1. The lowest BCUT2D eigenvalue weighted by molar-refractivity contribution is -0.117. The van der Waals surface area contributed by atoms with Gasteiger partial charge in [0.05, 0.1) is 22.9 Å². The number of halogens is 2. The molecule has 0 fully saturated rings. The molecular formula is C28H25ClFN3O4. The highest BCUT2D eigenvalue weighted by Gasteiger charge is 2.31. The SMILES string of the molecule is CCOc1cccc2c1Oc1c(c(=O)n(-c3ccc(CC)cc3)n1CC(=O)Nc1ccc(F)c(Cl)c1)C2. The van der Waals surface area contributed by atoms with Crippen LogP contribution in [0.1, 0.15) is 30.5 Å². The van der Waals surface area contributed by atoms with E-state index >= 15 is 0 Å². The van der Waals surface area contributed by atoms with Gasteiger partial charge >= 0.3 is 0 Å². The minimum Gasteiger partial charge on any atom is -0.490 e. The molecule has 4 aromatic rings. The number of carbonyl (C=O) groups is 1. The monoisotopic (exact) mass is 521 g/mol. The summed E-state index contributed by atoms with van der Waals surface area (Å²) in [5.74, 6) is 0.342. The Morgan fingerprint density at radius 2 is 1.92 bits per heavy atom. The van der Waals surface area contributed by atoms with Crippen molar-refractivity contribution >= 4 is 23.2 Å². The zero-order valence-corrected chi connectivity index (χ0v) is 21.1. The van der Waals surface area contributed by atoms with Crippen LogP contribution >= 0.6 is 11.6 Å². The number of nitrogens with one attached hydrogen (secondary N) is 1. The Balaban J connectivity index is 1.58. The molecule has 1 aromatic heterocycles. The number of ether oxygens (including phenoxy) is 2. The van der Waals surface area contributed by atoms with Crippen LogP contribution in [0.25, 0.3) is 5.69 Å². The Kier molecular flexibility index (Phi) is 6.76. The summed E-state index contributed by atoms with van der Waals surface area (Å²) in [4.78, 5) is 26.8. The second-order valence-electron chi connectivity index (χ2n) is 8.61. The van der Waals surface area contributed by atoms with Crippen molar-refractivity contribution in [2.24, 2.45) is 0 Å². The second kappa shape index (κ2) is 10.1. The van der Waals surface area contributed by atoms with Crippen molar-refractivity contribution in [1.29, 1.82) is 0 Å². The van der Waals surface area contributed by atoms with Gasteiger partial charge in [0.25, 0.3) is 5.56 Å². The number of fused-ring (bicyclic) bond motifs is 2. The Morgan fingerprint density at radius 3 is 2.62 bits per heavy atom. The molecule has 2 heterocycles. The Morgan fingerprint density at radius 1 is 1.14 bits per heavy atom. The number of hydrogen-bond acceptors (Lipinski definition) is 4. The molecule has 0 unspecified atom stereocenters. The number of hydrogen-bond donors (Lipinski definition) is 1. The van der Waals surface area contributed by atoms with E-state index < -0.39 is 11.7 Å². The predicted octanol–water partition coefficient (Wildman–Crippen LogP) is 5.73. The molecular weight excluding hydrogens is 497 g/mol. The third-order valence-electron chi connectivity index (χ3n) is 6.20. The minimum absolute atomic E-state index is 0.104. The van der Waals surface area contributed by atoms with Crippen LogP contribution in [-0.2, 0) is 24.2 Å². The molecule has 0 spiro atoms. The Labute approximate surface area is 218 Å². The summed E-state index contributed by atoms with van der Waals surface area (Å²) in [6.07, 6.45) is 1.19. The maximum absolute atomic E-state index is 13.7. The molecule has 37 heavy (non-hydrogen) atoms. The van der Waals surface area contributed by atoms with Crippen LogP contribution in [-0.4, -0.2) is 21.9 Å². The number of para-hydroxylation sites is 1. The fourth-order valence-electron chi connectivity index (χ4n) is 4.40. The first-order valence-corrected chi connectivity index (χ1v) is 12.4. The van der Waals surface area contributed by atoms with Crippen LogP contribution in [0.4, 0.5) is 10.1 Å². The van der Waals surface area contributed by atoms with Gasteiger partial charge < -0.3 is 14.8 Å². The fraction of sp³-hybridized carbons (Fsp3) is 0.214. The number of benzene rings is 3. The Bertz CT molecular complexity index is 1540. The van der Waals surface area contributed by atoms with Gasteiger partial charge in [-0.3, -0.25) is 9.59 Å². The minimum atomic E-state index is -0.583. The largest absolute Gasteiger partial charge is 0.490 e. The van der Waals surface area contributed by atoms with E-state index in [2.05, 4.69) is 12.2 Å². The van der Waals surface area contributed by atoms with Crippen LogP contribution in [0.2, 0.25) is 5.02 Å². The summed E-state index contributed by atoms with van der Waals surface area (Å²) in [6.45, 7) is 4.15. The van der Waals surface area contributed by atoms with Gasteiger partial charge in [-0.25, -0.2) is 13.8 Å². The summed E-state index contributed by atoms with van der Waals surface area (Å²) in [7, 11) is 0. The second-order valence-corrected chi connectivity index (χ2v) is 9.02. The standard InChI is InChI=1S/C28H25ClFN3O4/c1-3-17-8-11-20(12-9-17)33-27(35)21-14-18-6-5-7-24(36-4-2)26(18)37-28(21)32(33)16-25(34)31-19-10-13-23(30)22(29)15-19/h5-13,15H,3-4,14,16H2,1-2H3,(H,31,34). The smallest absolute Gasteiger partial charge is 0.278 e. The lowest BCUT2D eigenvalue weighted by atomic mass is 10.0. The molecule has 0 radical (unpaired) electrons. The molecule has 1 aliphatic heterocycles. The molecule has 190 valence electrons. The van der Waals surface area contributed by atoms with E-state index in [-0.39, 0.29) is 23.0 Å². The molecule has 3 aromatic carbocycles. The topological polar surface area (TPSA) is 74.5 Å². The van der Waals surface area contributed by atoms with Gasteiger partial charge in [0, 0.05) is 17.7 Å². The maximum atomic E-state index is 13.7.